The summed E-state index contributed by atoms with van der Waals surface area (Å²) in [7, 11) is 1.97. The summed E-state index contributed by atoms with van der Waals surface area (Å²) < 4.78 is 0. The predicted molar refractivity (Wildman–Crippen MR) is 74.3 cm³/mol. The first-order valence-electron chi connectivity index (χ1n) is 6.62. The minimum Gasteiger partial charge on any atom is -0.370 e. The molecule has 0 atom stereocenters. The maximum absolute atomic E-state index is 6.03. The minimum absolute atomic E-state index is 0.429. The van der Waals surface area contributed by atoms with Crippen molar-refractivity contribution in [3.8, 4) is 0 Å². The number of guanidine groups is 1. The van der Waals surface area contributed by atoms with E-state index in [0.29, 0.717) is 18.5 Å². The first-order valence-corrected chi connectivity index (χ1v) is 6.62. The predicted octanol–water partition coefficient (Wildman–Crippen LogP) is 2.08. The Hall–Kier alpha value is -1.58. The summed E-state index contributed by atoms with van der Waals surface area (Å²) >= 11 is 0. The molecule has 0 spiro atoms. The van der Waals surface area contributed by atoms with Crippen LogP contribution in [-0.4, -0.2) is 28.9 Å². The van der Waals surface area contributed by atoms with Crippen LogP contribution in [0.2, 0.25) is 0 Å². The maximum Gasteiger partial charge on any atom is 0.191 e. The first-order chi connectivity index (χ1) is 8.65. The van der Waals surface area contributed by atoms with Crippen molar-refractivity contribution in [2.75, 3.05) is 7.05 Å². The number of pyridine rings is 1. The van der Waals surface area contributed by atoms with Gasteiger partial charge in [-0.2, -0.15) is 0 Å². The van der Waals surface area contributed by atoms with Crippen molar-refractivity contribution in [1.82, 2.24) is 9.88 Å². The van der Waals surface area contributed by atoms with Gasteiger partial charge in [0, 0.05) is 12.7 Å². The summed E-state index contributed by atoms with van der Waals surface area (Å²) in [4.78, 5) is 11.0. The molecule has 1 aromatic heterocycles. The van der Waals surface area contributed by atoms with Crippen LogP contribution in [0.4, 0.5) is 0 Å². The number of rotatable bonds is 3. The van der Waals surface area contributed by atoms with Crippen molar-refractivity contribution in [1.29, 1.82) is 0 Å². The van der Waals surface area contributed by atoms with Crippen LogP contribution in [-0.2, 0) is 6.54 Å². The minimum atomic E-state index is 0.429. The molecule has 0 bridgehead atoms. The Bertz CT molecular complexity index is 422. The van der Waals surface area contributed by atoms with Gasteiger partial charge >= 0.3 is 0 Å². The lowest BCUT2D eigenvalue weighted by molar-refractivity contribution is 0.478. The van der Waals surface area contributed by atoms with E-state index < -0.39 is 0 Å². The Balaban J connectivity index is 1.96. The monoisotopic (exact) mass is 246 g/mol. The molecule has 1 aromatic rings. The lowest BCUT2D eigenvalue weighted by Crippen LogP contribution is -2.34. The number of hydrogen-bond donors (Lipinski definition) is 1. The summed E-state index contributed by atoms with van der Waals surface area (Å²) in [6.45, 7) is 2.71. The van der Waals surface area contributed by atoms with E-state index in [1.165, 1.54) is 25.7 Å². The van der Waals surface area contributed by atoms with Gasteiger partial charge in [-0.05, 0) is 31.9 Å². The maximum atomic E-state index is 6.03. The molecule has 1 aliphatic carbocycles. The third-order valence-corrected chi connectivity index (χ3v) is 3.38. The summed E-state index contributed by atoms with van der Waals surface area (Å²) in [5.41, 5.74) is 8.10. The van der Waals surface area contributed by atoms with Crippen molar-refractivity contribution in [3.63, 3.8) is 0 Å². The second-order valence-corrected chi connectivity index (χ2v) is 5.05. The van der Waals surface area contributed by atoms with E-state index in [4.69, 9.17) is 5.73 Å². The van der Waals surface area contributed by atoms with E-state index in [1.807, 2.05) is 37.1 Å². The number of aromatic nitrogens is 1. The van der Waals surface area contributed by atoms with E-state index in [2.05, 4.69) is 9.98 Å². The molecule has 1 aliphatic rings. The highest BCUT2D eigenvalue weighted by Crippen LogP contribution is 2.20. The van der Waals surface area contributed by atoms with Crippen LogP contribution in [0.3, 0.4) is 0 Å². The summed E-state index contributed by atoms with van der Waals surface area (Å²) in [6.07, 6.45) is 4.92. The third-order valence-electron chi connectivity index (χ3n) is 3.38. The largest absolute Gasteiger partial charge is 0.370 e. The van der Waals surface area contributed by atoms with Crippen LogP contribution < -0.4 is 5.73 Å². The van der Waals surface area contributed by atoms with Gasteiger partial charge in [-0.15, -0.1) is 0 Å². The van der Waals surface area contributed by atoms with Gasteiger partial charge in [0.05, 0.1) is 18.3 Å². The molecular weight excluding hydrogens is 224 g/mol. The highest BCUT2D eigenvalue weighted by molar-refractivity contribution is 5.77. The zero-order valence-electron chi connectivity index (χ0n) is 11.3. The number of aliphatic imine (C=N–C) groups is 1. The van der Waals surface area contributed by atoms with Crippen molar-refractivity contribution in [2.45, 2.75) is 45.2 Å². The van der Waals surface area contributed by atoms with Gasteiger partial charge in [0.2, 0.25) is 0 Å². The highest BCUT2D eigenvalue weighted by Gasteiger charge is 2.15. The molecule has 0 aromatic carbocycles. The van der Waals surface area contributed by atoms with Crippen LogP contribution in [0.1, 0.15) is 37.1 Å². The van der Waals surface area contributed by atoms with Crippen LogP contribution >= 0.6 is 0 Å². The smallest absolute Gasteiger partial charge is 0.191 e. The Labute approximate surface area is 109 Å². The SMILES string of the molecule is Cc1cccc(CN(C)C(N)=NC2CCCC2)n1. The number of hydrogen-bond acceptors (Lipinski definition) is 2. The average molecular weight is 246 g/mol. The van der Waals surface area contributed by atoms with Gasteiger partial charge < -0.3 is 10.6 Å². The van der Waals surface area contributed by atoms with Gasteiger partial charge in [-0.1, -0.05) is 18.9 Å². The Kier molecular flexibility index (Phi) is 4.18. The van der Waals surface area contributed by atoms with Crippen molar-refractivity contribution >= 4 is 5.96 Å². The molecule has 18 heavy (non-hydrogen) atoms. The molecule has 4 heteroatoms. The third kappa shape index (κ3) is 3.45. The number of aryl methyl sites for hydroxylation is 1. The highest BCUT2D eigenvalue weighted by atomic mass is 15.2. The molecule has 2 N–H and O–H groups in total. The Morgan fingerprint density at radius 3 is 2.83 bits per heavy atom. The molecule has 1 heterocycles. The Morgan fingerprint density at radius 1 is 1.44 bits per heavy atom. The standard InChI is InChI=1S/C14H22N4/c1-11-6-5-9-13(16-11)10-18(2)14(15)17-12-7-3-4-8-12/h5-6,9,12H,3-4,7-8,10H2,1-2H3,(H2,15,17). The van der Waals surface area contributed by atoms with Crippen molar-refractivity contribution in [2.24, 2.45) is 10.7 Å². The van der Waals surface area contributed by atoms with Gasteiger partial charge in [-0.25, -0.2) is 4.99 Å². The fourth-order valence-electron chi connectivity index (χ4n) is 2.33. The van der Waals surface area contributed by atoms with Crippen LogP contribution in [0.5, 0.6) is 0 Å². The summed E-state index contributed by atoms with van der Waals surface area (Å²) in [5.74, 6) is 0.630. The molecule has 0 aliphatic heterocycles. The van der Waals surface area contributed by atoms with Crippen LogP contribution in [0, 0.1) is 6.92 Å². The van der Waals surface area contributed by atoms with Crippen LogP contribution in [0.25, 0.3) is 0 Å². The lowest BCUT2D eigenvalue weighted by atomic mass is 10.3. The number of nitrogens with zero attached hydrogens (tertiary/aromatic N) is 3. The second kappa shape index (κ2) is 5.85. The van der Waals surface area contributed by atoms with E-state index in [9.17, 15) is 0 Å². The van der Waals surface area contributed by atoms with E-state index in [-0.39, 0.29) is 0 Å². The average Bonchev–Trinajstić information content (AvgIpc) is 2.81. The van der Waals surface area contributed by atoms with E-state index >= 15 is 0 Å². The molecule has 0 saturated heterocycles. The van der Waals surface area contributed by atoms with Crippen molar-refractivity contribution < 1.29 is 0 Å². The molecule has 0 unspecified atom stereocenters. The molecule has 4 nitrogen and oxygen atoms in total. The molecule has 0 radical (unpaired) electrons. The van der Waals surface area contributed by atoms with Gasteiger partial charge in [-0.3, -0.25) is 4.98 Å². The normalized spacial score (nSPS) is 17.1. The number of nitrogens with two attached hydrogens (primary N) is 1. The van der Waals surface area contributed by atoms with E-state index in [0.717, 1.165) is 11.4 Å². The zero-order valence-corrected chi connectivity index (χ0v) is 11.3. The van der Waals surface area contributed by atoms with Gasteiger partial charge in [0.1, 0.15) is 0 Å². The molecule has 2 rings (SSSR count). The first kappa shape index (κ1) is 12.9. The molecule has 1 saturated carbocycles. The lowest BCUT2D eigenvalue weighted by Gasteiger charge is -2.19. The molecule has 98 valence electrons. The summed E-state index contributed by atoms with van der Waals surface area (Å²) in [5, 5.41) is 0. The molecule has 0 amide bonds. The van der Waals surface area contributed by atoms with E-state index in [1.54, 1.807) is 0 Å². The quantitative estimate of drug-likeness (QED) is 0.656. The van der Waals surface area contributed by atoms with Gasteiger partial charge in [0.15, 0.2) is 5.96 Å². The summed E-state index contributed by atoms with van der Waals surface area (Å²) in [6, 6.07) is 6.47. The topological polar surface area (TPSA) is 54.5 Å². The zero-order chi connectivity index (χ0) is 13.0. The fraction of sp³-hybridized carbons (Fsp3) is 0.571. The molecular formula is C14H22N4. The second-order valence-electron chi connectivity index (χ2n) is 5.05. The van der Waals surface area contributed by atoms with Crippen molar-refractivity contribution in [3.05, 3.63) is 29.6 Å². The Morgan fingerprint density at radius 2 is 2.17 bits per heavy atom. The van der Waals surface area contributed by atoms with Crippen LogP contribution in [0.15, 0.2) is 23.2 Å². The van der Waals surface area contributed by atoms with Gasteiger partial charge in [0.25, 0.3) is 0 Å². The fourth-order valence-corrected chi connectivity index (χ4v) is 2.33. The molecule has 1 fully saturated rings.